The number of fused-ring (bicyclic) bond motifs is 1. The van der Waals surface area contributed by atoms with E-state index in [4.69, 9.17) is 9.52 Å². The fourth-order valence-corrected chi connectivity index (χ4v) is 2.96. The SMILES string of the molecule is O=C(O)c1ccc(C(O)c2csc3ccccc23)o1. The Morgan fingerprint density at radius 2 is 2.00 bits per heavy atom. The first-order valence-electron chi connectivity index (χ1n) is 5.64. The van der Waals surface area contributed by atoms with Gasteiger partial charge in [0.05, 0.1) is 0 Å². The summed E-state index contributed by atoms with van der Waals surface area (Å²) in [5.41, 5.74) is 0.729. The molecule has 0 aliphatic heterocycles. The number of rotatable bonds is 3. The van der Waals surface area contributed by atoms with Gasteiger partial charge in [0, 0.05) is 10.3 Å². The lowest BCUT2D eigenvalue weighted by Gasteiger charge is -2.06. The highest BCUT2D eigenvalue weighted by Crippen LogP contribution is 2.33. The van der Waals surface area contributed by atoms with Crippen LogP contribution in [0.4, 0.5) is 0 Å². The number of benzene rings is 1. The molecule has 0 saturated carbocycles. The van der Waals surface area contributed by atoms with Gasteiger partial charge in [-0.15, -0.1) is 11.3 Å². The molecular formula is C14H10O4S. The minimum atomic E-state index is -1.14. The topological polar surface area (TPSA) is 70.7 Å². The van der Waals surface area contributed by atoms with Gasteiger partial charge in [0.2, 0.25) is 5.76 Å². The zero-order valence-electron chi connectivity index (χ0n) is 9.74. The van der Waals surface area contributed by atoms with E-state index in [1.165, 1.54) is 23.5 Å². The summed E-state index contributed by atoms with van der Waals surface area (Å²) in [6, 6.07) is 10.6. The fourth-order valence-electron chi connectivity index (χ4n) is 1.98. The summed E-state index contributed by atoms with van der Waals surface area (Å²) in [5.74, 6) is -1.08. The van der Waals surface area contributed by atoms with Gasteiger partial charge in [-0.05, 0) is 29.0 Å². The largest absolute Gasteiger partial charge is 0.475 e. The average Bonchev–Trinajstić information content (AvgIpc) is 3.05. The van der Waals surface area contributed by atoms with Gasteiger partial charge in [0.1, 0.15) is 11.9 Å². The predicted octanol–water partition coefficient (Wildman–Crippen LogP) is 3.27. The quantitative estimate of drug-likeness (QED) is 0.769. The van der Waals surface area contributed by atoms with Crippen LogP contribution in [0.1, 0.15) is 28.0 Å². The molecule has 0 aliphatic carbocycles. The van der Waals surface area contributed by atoms with Crippen molar-refractivity contribution in [3.63, 3.8) is 0 Å². The molecule has 0 fully saturated rings. The molecular weight excluding hydrogens is 264 g/mol. The van der Waals surface area contributed by atoms with Crippen LogP contribution in [0.3, 0.4) is 0 Å². The third kappa shape index (κ3) is 2.03. The van der Waals surface area contributed by atoms with Crippen LogP contribution < -0.4 is 0 Å². The van der Waals surface area contributed by atoms with Gasteiger partial charge < -0.3 is 14.6 Å². The van der Waals surface area contributed by atoms with E-state index in [1.54, 1.807) is 0 Å². The molecule has 1 unspecified atom stereocenters. The Morgan fingerprint density at radius 3 is 2.74 bits per heavy atom. The normalized spacial score (nSPS) is 12.7. The summed E-state index contributed by atoms with van der Waals surface area (Å²) in [7, 11) is 0. The molecule has 19 heavy (non-hydrogen) atoms. The van der Waals surface area contributed by atoms with Crippen LogP contribution in [-0.4, -0.2) is 16.2 Å². The number of furan rings is 1. The summed E-state index contributed by atoms with van der Waals surface area (Å²) >= 11 is 1.53. The van der Waals surface area contributed by atoms with Crippen LogP contribution >= 0.6 is 11.3 Å². The zero-order chi connectivity index (χ0) is 13.4. The van der Waals surface area contributed by atoms with Crippen LogP contribution in [0.2, 0.25) is 0 Å². The Morgan fingerprint density at radius 1 is 1.21 bits per heavy atom. The van der Waals surface area contributed by atoms with E-state index in [2.05, 4.69) is 0 Å². The molecule has 0 amide bonds. The van der Waals surface area contributed by atoms with Crippen LogP contribution in [0.25, 0.3) is 10.1 Å². The van der Waals surface area contributed by atoms with Gasteiger partial charge in [-0.3, -0.25) is 0 Å². The third-order valence-electron chi connectivity index (χ3n) is 2.91. The molecule has 1 atom stereocenters. The van der Waals surface area contributed by atoms with E-state index < -0.39 is 12.1 Å². The number of carbonyl (C=O) groups is 1. The number of hydrogen-bond acceptors (Lipinski definition) is 4. The first-order valence-corrected chi connectivity index (χ1v) is 6.52. The zero-order valence-corrected chi connectivity index (χ0v) is 10.6. The number of aromatic carboxylic acids is 1. The van der Waals surface area contributed by atoms with Crippen molar-refractivity contribution in [2.45, 2.75) is 6.10 Å². The molecule has 2 aromatic heterocycles. The second-order valence-electron chi connectivity index (χ2n) is 4.10. The molecule has 0 radical (unpaired) electrons. The molecule has 0 saturated heterocycles. The highest BCUT2D eigenvalue weighted by molar-refractivity contribution is 7.17. The fraction of sp³-hybridized carbons (Fsp3) is 0.0714. The summed E-state index contributed by atoms with van der Waals surface area (Å²) in [4.78, 5) is 10.8. The number of thiophene rings is 1. The van der Waals surface area contributed by atoms with Crippen molar-refractivity contribution in [3.05, 3.63) is 58.9 Å². The summed E-state index contributed by atoms with van der Waals surface area (Å²) < 4.78 is 6.21. The number of aliphatic hydroxyl groups is 1. The molecule has 96 valence electrons. The molecule has 4 nitrogen and oxygen atoms in total. The lowest BCUT2D eigenvalue weighted by molar-refractivity contribution is 0.0655. The molecule has 5 heteroatoms. The highest BCUT2D eigenvalue weighted by Gasteiger charge is 2.20. The number of aliphatic hydroxyl groups excluding tert-OH is 1. The summed E-state index contributed by atoms with van der Waals surface area (Å²) in [5, 5.41) is 21.9. The van der Waals surface area contributed by atoms with Crippen LogP contribution in [0.5, 0.6) is 0 Å². The number of carboxylic acid groups (broad SMARTS) is 1. The Labute approximate surface area is 112 Å². The van der Waals surface area contributed by atoms with Gasteiger partial charge in [-0.25, -0.2) is 4.79 Å². The van der Waals surface area contributed by atoms with E-state index >= 15 is 0 Å². The molecule has 0 bridgehead atoms. The Kier molecular flexibility index (Phi) is 2.85. The first kappa shape index (κ1) is 12.0. The Bertz CT molecular complexity index is 741. The monoisotopic (exact) mass is 274 g/mol. The molecule has 3 rings (SSSR count). The predicted molar refractivity (Wildman–Crippen MR) is 71.6 cm³/mol. The van der Waals surface area contributed by atoms with E-state index in [1.807, 2.05) is 29.6 Å². The molecule has 0 spiro atoms. The van der Waals surface area contributed by atoms with Crippen molar-refractivity contribution in [3.8, 4) is 0 Å². The maximum absolute atomic E-state index is 10.8. The molecule has 1 aromatic carbocycles. The van der Waals surface area contributed by atoms with Crippen LogP contribution in [-0.2, 0) is 0 Å². The lowest BCUT2D eigenvalue weighted by Crippen LogP contribution is -1.97. The maximum atomic E-state index is 10.8. The van der Waals surface area contributed by atoms with Gasteiger partial charge in [0.15, 0.2) is 0 Å². The third-order valence-corrected chi connectivity index (χ3v) is 3.89. The van der Waals surface area contributed by atoms with E-state index in [0.29, 0.717) is 0 Å². The van der Waals surface area contributed by atoms with Gasteiger partial charge in [-0.2, -0.15) is 0 Å². The minimum Gasteiger partial charge on any atom is -0.475 e. The minimum absolute atomic E-state index is 0.173. The van der Waals surface area contributed by atoms with E-state index in [9.17, 15) is 9.90 Å². The maximum Gasteiger partial charge on any atom is 0.371 e. The van der Waals surface area contributed by atoms with E-state index in [-0.39, 0.29) is 11.5 Å². The van der Waals surface area contributed by atoms with Crippen molar-refractivity contribution in [2.75, 3.05) is 0 Å². The van der Waals surface area contributed by atoms with Crippen LogP contribution in [0, 0.1) is 0 Å². The molecule has 0 aliphatic rings. The van der Waals surface area contributed by atoms with E-state index in [0.717, 1.165) is 15.6 Å². The van der Waals surface area contributed by atoms with Crippen molar-refractivity contribution in [1.29, 1.82) is 0 Å². The second-order valence-corrected chi connectivity index (χ2v) is 5.01. The standard InChI is InChI=1S/C14H10O4S/c15-13(10-5-6-11(18-10)14(16)17)9-7-19-12-4-2-1-3-8(9)12/h1-7,13,15H,(H,16,17). The van der Waals surface area contributed by atoms with Crippen molar-refractivity contribution >= 4 is 27.4 Å². The Balaban J connectivity index is 2.03. The summed E-state index contributed by atoms with van der Waals surface area (Å²) in [6.07, 6.45) is -0.954. The van der Waals surface area contributed by atoms with Crippen molar-refractivity contribution in [1.82, 2.24) is 0 Å². The second kappa shape index (κ2) is 4.53. The molecule has 2 heterocycles. The van der Waals surface area contributed by atoms with Crippen molar-refractivity contribution < 1.29 is 19.4 Å². The number of hydrogen-bond donors (Lipinski definition) is 2. The van der Waals surface area contributed by atoms with Gasteiger partial charge in [0.25, 0.3) is 0 Å². The molecule has 3 aromatic rings. The molecule has 2 N–H and O–H groups in total. The van der Waals surface area contributed by atoms with Gasteiger partial charge >= 0.3 is 5.97 Å². The van der Waals surface area contributed by atoms with Crippen LogP contribution in [0.15, 0.2) is 46.2 Å². The number of carboxylic acids is 1. The first-order chi connectivity index (χ1) is 9.16. The van der Waals surface area contributed by atoms with Gasteiger partial charge in [-0.1, -0.05) is 18.2 Å². The smallest absolute Gasteiger partial charge is 0.371 e. The average molecular weight is 274 g/mol. The highest BCUT2D eigenvalue weighted by atomic mass is 32.1. The summed E-state index contributed by atoms with van der Waals surface area (Å²) in [6.45, 7) is 0. The Hall–Kier alpha value is -2.11. The lowest BCUT2D eigenvalue weighted by atomic mass is 10.1. The van der Waals surface area contributed by atoms with Crippen molar-refractivity contribution in [2.24, 2.45) is 0 Å².